The third-order valence-electron chi connectivity index (χ3n) is 5.10. The Hall–Kier alpha value is -1.93. The standard InChI is InChI=1S/C20H20ClF3O8S/c21-14-6-3-11(19-18(28)17(27)16(26)15(9-25)31-19)8-12(14)7-10-1-4-13(5-2-10)32-33(29,30)20(22,23)24/h1-6,8,15-19,25-28H,7,9H2/t15-,16-,17+,18-,19+/m1/s1. The second kappa shape index (κ2) is 9.74. The zero-order valence-corrected chi connectivity index (χ0v) is 18.3. The average molecular weight is 513 g/mol. The Morgan fingerprint density at radius 3 is 2.21 bits per heavy atom. The van der Waals surface area contributed by atoms with Crippen molar-refractivity contribution in [2.24, 2.45) is 0 Å². The molecule has 0 amide bonds. The number of aliphatic hydroxyl groups excluding tert-OH is 4. The van der Waals surface area contributed by atoms with Crippen molar-refractivity contribution in [2.75, 3.05) is 6.61 Å². The summed E-state index contributed by atoms with van der Waals surface area (Å²) in [6.07, 6.45) is -6.52. The summed E-state index contributed by atoms with van der Waals surface area (Å²) < 4.78 is 69.1. The molecule has 0 aromatic heterocycles. The molecule has 1 aliphatic rings. The third-order valence-corrected chi connectivity index (χ3v) is 6.45. The van der Waals surface area contributed by atoms with Crippen LogP contribution in [-0.4, -0.2) is 65.4 Å². The van der Waals surface area contributed by atoms with E-state index in [1.54, 1.807) is 6.07 Å². The van der Waals surface area contributed by atoms with Gasteiger partial charge in [0.2, 0.25) is 0 Å². The van der Waals surface area contributed by atoms with E-state index in [1.807, 2.05) is 0 Å². The minimum absolute atomic E-state index is 0.177. The van der Waals surface area contributed by atoms with Crippen molar-refractivity contribution in [3.63, 3.8) is 0 Å². The van der Waals surface area contributed by atoms with E-state index in [4.69, 9.17) is 16.3 Å². The molecule has 0 aliphatic carbocycles. The van der Waals surface area contributed by atoms with Crippen LogP contribution in [0.1, 0.15) is 22.8 Å². The van der Waals surface area contributed by atoms with Crippen LogP contribution in [-0.2, 0) is 21.3 Å². The van der Waals surface area contributed by atoms with E-state index < -0.39 is 58.5 Å². The molecule has 1 heterocycles. The van der Waals surface area contributed by atoms with Crippen LogP contribution >= 0.6 is 11.6 Å². The van der Waals surface area contributed by atoms with Crippen molar-refractivity contribution >= 4 is 21.7 Å². The summed E-state index contributed by atoms with van der Waals surface area (Å²) in [6, 6.07) is 9.48. The summed E-state index contributed by atoms with van der Waals surface area (Å²) >= 11 is 6.24. The molecule has 5 atom stereocenters. The fourth-order valence-corrected chi connectivity index (χ4v) is 3.98. The summed E-state index contributed by atoms with van der Waals surface area (Å²) in [4.78, 5) is 0. The molecule has 1 fully saturated rings. The Bertz CT molecular complexity index is 1080. The Kier molecular flexibility index (Phi) is 7.58. The lowest BCUT2D eigenvalue weighted by Crippen LogP contribution is -2.55. The largest absolute Gasteiger partial charge is 0.534 e. The van der Waals surface area contributed by atoms with E-state index in [-0.39, 0.29) is 6.42 Å². The molecular formula is C20H20ClF3O8S. The van der Waals surface area contributed by atoms with Crippen LogP contribution in [0.4, 0.5) is 13.2 Å². The lowest BCUT2D eigenvalue weighted by Gasteiger charge is -2.40. The first kappa shape index (κ1) is 25.7. The van der Waals surface area contributed by atoms with Crippen LogP contribution in [0, 0.1) is 0 Å². The monoisotopic (exact) mass is 512 g/mol. The predicted octanol–water partition coefficient (Wildman–Crippen LogP) is 1.67. The van der Waals surface area contributed by atoms with Crippen LogP contribution < -0.4 is 4.18 Å². The van der Waals surface area contributed by atoms with Crippen LogP contribution in [0.2, 0.25) is 5.02 Å². The van der Waals surface area contributed by atoms with Gasteiger partial charge >= 0.3 is 15.6 Å². The Morgan fingerprint density at radius 2 is 1.64 bits per heavy atom. The van der Waals surface area contributed by atoms with Gasteiger partial charge in [-0.25, -0.2) is 0 Å². The Labute approximate surface area is 191 Å². The first-order valence-electron chi connectivity index (χ1n) is 9.52. The molecule has 0 radical (unpaired) electrons. The van der Waals surface area contributed by atoms with E-state index in [1.165, 1.54) is 24.3 Å². The highest BCUT2D eigenvalue weighted by atomic mass is 35.5. The van der Waals surface area contributed by atoms with Gasteiger partial charge in [0.05, 0.1) is 6.61 Å². The second-order valence-electron chi connectivity index (χ2n) is 7.40. The van der Waals surface area contributed by atoms with Crippen molar-refractivity contribution in [1.29, 1.82) is 0 Å². The zero-order chi connectivity index (χ0) is 24.6. The number of ether oxygens (including phenoxy) is 1. The van der Waals surface area contributed by atoms with Crippen molar-refractivity contribution < 1.29 is 50.9 Å². The van der Waals surface area contributed by atoms with Crippen LogP contribution in [0.25, 0.3) is 0 Å². The second-order valence-corrected chi connectivity index (χ2v) is 9.35. The summed E-state index contributed by atoms with van der Waals surface area (Å²) in [5.41, 5.74) is -4.06. The predicted molar refractivity (Wildman–Crippen MR) is 109 cm³/mol. The number of halogens is 4. The fourth-order valence-electron chi connectivity index (χ4n) is 3.34. The van der Waals surface area contributed by atoms with E-state index in [0.717, 1.165) is 12.1 Å². The van der Waals surface area contributed by atoms with E-state index in [2.05, 4.69) is 4.18 Å². The van der Waals surface area contributed by atoms with Gasteiger partial charge in [0, 0.05) is 5.02 Å². The molecule has 3 rings (SSSR count). The van der Waals surface area contributed by atoms with Gasteiger partial charge in [-0.2, -0.15) is 21.6 Å². The topological polar surface area (TPSA) is 134 Å². The van der Waals surface area contributed by atoms with Gasteiger partial charge in [0.15, 0.2) is 0 Å². The number of rotatable bonds is 6. The molecule has 1 saturated heterocycles. The molecule has 182 valence electrons. The molecule has 8 nitrogen and oxygen atoms in total. The van der Waals surface area contributed by atoms with Gasteiger partial charge in [-0.15, -0.1) is 0 Å². The van der Waals surface area contributed by atoms with Gasteiger partial charge in [-0.1, -0.05) is 35.9 Å². The highest BCUT2D eigenvalue weighted by molar-refractivity contribution is 7.88. The van der Waals surface area contributed by atoms with E-state index >= 15 is 0 Å². The molecule has 0 saturated carbocycles. The third kappa shape index (κ3) is 5.60. The maximum absolute atomic E-state index is 12.4. The van der Waals surface area contributed by atoms with Crippen LogP contribution in [0.15, 0.2) is 42.5 Å². The van der Waals surface area contributed by atoms with Gasteiger partial charge < -0.3 is 29.3 Å². The number of hydrogen-bond donors (Lipinski definition) is 4. The number of hydrogen-bond acceptors (Lipinski definition) is 8. The molecule has 0 unspecified atom stereocenters. The van der Waals surface area contributed by atoms with E-state index in [0.29, 0.717) is 21.7 Å². The molecule has 33 heavy (non-hydrogen) atoms. The lowest BCUT2D eigenvalue weighted by atomic mass is 9.90. The number of aliphatic hydroxyl groups is 4. The smallest absolute Gasteiger partial charge is 0.394 e. The average Bonchev–Trinajstić information content (AvgIpc) is 2.74. The number of benzene rings is 2. The van der Waals surface area contributed by atoms with Crippen molar-refractivity contribution in [1.82, 2.24) is 0 Å². The fraction of sp³-hybridized carbons (Fsp3) is 0.400. The van der Waals surface area contributed by atoms with Gasteiger partial charge in [-0.3, -0.25) is 0 Å². The zero-order valence-electron chi connectivity index (χ0n) is 16.7. The maximum atomic E-state index is 12.4. The molecule has 4 N–H and O–H groups in total. The van der Waals surface area contributed by atoms with Gasteiger partial charge in [0.1, 0.15) is 36.3 Å². The Morgan fingerprint density at radius 1 is 1.00 bits per heavy atom. The van der Waals surface area contributed by atoms with Crippen molar-refractivity contribution in [3.05, 3.63) is 64.2 Å². The summed E-state index contributed by atoms with van der Waals surface area (Å²) in [7, 11) is -5.78. The normalized spacial score (nSPS) is 26.2. The first-order chi connectivity index (χ1) is 15.3. The number of alkyl halides is 3. The maximum Gasteiger partial charge on any atom is 0.534 e. The quantitative estimate of drug-likeness (QED) is 0.339. The van der Waals surface area contributed by atoms with Gasteiger partial charge in [-0.05, 0) is 41.3 Å². The van der Waals surface area contributed by atoms with Gasteiger partial charge in [0.25, 0.3) is 0 Å². The minimum Gasteiger partial charge on any atom is -0.394 e. The molecule has 2 aromatic rings. The molecule has 0 spiro atoms. The molecule has 0 bridgehead atoms. The highest BCUT2D eigenvalue weighted by Crippen LogP contribution is 2.34. The molecule has 2 aromatic carbocycles. The van der Waals surface area contributed by atoms with Crippen LogP contribution in [0.3, 0.4) is 0 Å². The minimum atomic E-state index is -5.78. The first-order valence-corrected chi connectivity index (χ1v) is 11.3. The molecule has 13 heteroatoms. The van der Waals surface area contributed by atoms with Crippen molar-refractivity contribution in [2.45, 2.75) is 42.4 Å². The summed E-state index contributed by atoms with van der Waals surface area (Å²) in [5, 5.41) is 39.9. The highest BCUT2D eigenvalue weighted by Gasteiger charge is 2.48. The van der Waals surface area contributed by atoms with E-state index in [9.17, 15) is 42.0 Å². The Balaban J connectivity index is 1.79. The summed E-state index contributed by atoms with van der Waals surface area (Å²) in [5.74, 6) is -0.516. The van der Waals surface area contributed by atoms with Crippen molar-refractivity contribution in [3.8, 4) is 5.75 Å². The molecule has 1 aliphatic heterocycles. The summed E-state index contributed by atoms with van der Waals surface area (Å²) in [6.45, 7) is -0.583. The lowest BCUT2D eigenvalue weighted by molar-refractivity contribution is -0.231. The SMILES string of the molecule is O=S(=O)(Oc1ccc(Cc2cc([C@@H]3O[C@H](CO)[C@@H](O)[C@H](O)[C@H]3O)ccc2Cl)cc1)C(F)(F)F. The molecular weight excluding hydrogens is 493 g/mol. The van der Waals surface area contributed by atoms with Crippen LogP contribution in [0.5, 0.6) is 5.75 Å².